The molecule has 0 saturated heterocycles. The van der Waals surface area contributed by atoms with Crippen molar-refractivity contribution in [2.75, 3.05) is 6.54 Å². The summed E-state index contributed by atoms with van der Waals surface area (Å²) in [5, 5.41) is 3.63. The summed E-state index contributed by atoms with van der Waals surface area (Å²) in [5.41, 5.74) is 2.96. The molecule has 0 radical (unpaired) electrons. The molecule has 1 aromatic rings. The van der Waals surface area contributed by atoms with Crippen molar-refractivity contribution in [1.29, 1.82) is 0 Å². The van der Waals surface area contributed by atoms with Gasteiger partial charge in [0.15, 0.2) is 0 Å². The molecular weight excluding hydrogens is 274 g/mol. The first kappa shape index (κ1) is 12.7. The number of terminal acetylenes is 1. The summed E-state index contributed by atoms with van der Waals surface area (Å²) in [6.45, 7) is 1.07. The number of nitrogens with one attached hydrogen (secondary N) is 1. The van der Waals surface area contributed by atoms with Gasteiger partial charge in [0.2, 0.25) is 0 Å². The molecule has 1 aromatic carbocycles. The molecular formula is C15H18BrN. The predicted octanol–water partition coefficient (Wildman–Crippen LogP) is 3.83. The number of fused-ring (bicyclic) bond motifs is 1. The van der Waals surface area contributed by atoms with Crippen LogP contribution in [0.3, 0.4) is 0 Å². The van der Waals surface area contributed by atoms with Crippen molar-refractivity contribution < 1.29 is 0 Å². The Labute approximate surface area is 112 Å². The maximum atomic E-state index is 5.24. The van der Waals surface area contributed by atoms with Gasteiger partial charge in [-0.25, -0.2) is 0 Å². The summed E-state index contributed by atoms with van der Waals surface area (Å²) in [6, 6.07) is 7.17. The monoisotopic (exact) mass is 291 g/mol. The zero-order valence-electron chi connectivity index (χ0n) is 10.0. The van der Waals surface area contributed by atoms with Gasteiger partial charge < -0.3 is 5.32 Å². The number of rotatable bonds is 5. The molecule has 0 spiro atoms. The lowest BCUT2D eigenvalue weighted by Gasteiger charge is -2.13. The smallest absolute Gasteiger partial charge is 0.0326 e. The van der Waals surface area contributed by atoms with Gasteiger partial charge in [-0.2, -0.15) is 0 Å². The van der Waals surface area contributed by atoms with E-state index in [1.165, 1.54) is 34.9 Å². The molecule has 0 saturated carbocycles. The van der Waals surface area contributed by atoms with Crippen LogP contribution in [0.2, 0.25) is 0 Å². The second-order valence-electron chi connectivity index (χ2n) is 4.55. The van der Waals surface area contributed by atoms with E-state index >= 15 is 0 Å². The van der Waals surface area contributed by atoms with Crippen LogP contribution >= 0.6 is 15.9 Å². The number of hydrogen-bond donors (Lipinski definition) is 1. The summed E-state index contributed by atoms with van der Waals surface area (Å²) in [6.07, 6.45) is 10.9. The quantitative estimate of drug-likeness (QED) is 0.642. The minimum Gasteiger partial charge on any atom is -0.310 e. The van der Waals surface area contributed by atoms with E-state index in [1.54, 1.807) is 0 Å². The lowest BCUT2D eigenvalue weighted by Crippen LogP contribution is -2.20. The summed E-state index contributed by atoms with van der Waals surface area (Å²) in [4.78, 5) is 0. The standard InChI is InChI=1S/C15H18BrN/c1-2-3-4-5-10-17-15-9-6-12-11-13(16)7-8-14(12)15/h1,7-8,11,15,17H,3-6,9-10H2. The number of benzene rings is 1. The van der Waals surface area contributed by atoms with Gasteiger partial charge >= 0.3 is 0 Å². The summed E-state index contributed by atoms with van der Waals surface area (Å²) in [5.74, 6) is 2.69. The third-order valence-electron chi connectivity index (χ3n) is 3.32. The van der Waals surface area contributed by atoms with Gasteiger partial charge in [-0.1, -0.05) is 22.0 Å². The van der Waals surface area contributed by atoms with Crippen LogP contribution in [0.5, 0.6) is 0 Å². The molecule has 1 nitrogen and oxygen atoms in total. The van der Waals surface area contributed by atoms with Crippen molar-refractivity contribution >= 4 is 15.9 Å². The molecule has 1 unspecified atom stereocenters. The van der Waals surface area contributed by atoms with Gasteiger partial charge in [-0.05, 0) is 55.5 Å². The predicted molar refractivity (Wildman–Crippen MR) is 75.9 cm³/mol. The Balaban J connectivity index is 1.83. The van der Waals surface area contributed by atoms with Gasteiger partial charge in [-0.15, -0.1) is 12.3 Å². The molecule has 0 fully saturated rings. The largest absolute Gasteiger partial charge is 0.310 e. The van der Waals surface area contributed by atoms with E-state index in [0.29, 0.717) is 6.04 Å². The first-order chi connectivity index (χ1) is 8.31. The molecule has 0 bridgehead atoms. The van der Waals surface area contributed by atoms with Gasteiger partial charge in [0.1, 0.15) is 0 Å². The second-order valence-corrected chi connectivity index (χ2v) is 5.47. The zero-order valence-corrected chi connectivity index (χ0v) is 11.6. The molecule has 1 aliphatic rings. The van der Waals surface area contributed by atoms with Gasteiger partial charge in [0.25, 0.3) is 0 Å². The average Bonchev–Trinajstić information content (AvgIpc) is 2.71. The van der Waals surface area contributed by atoms with Crippen molar-refractivity contribution in [3.8, 4) is 12.3 Å². The average molecular weight is 292 g/mol. The van der Waals surface area contributed by atoms with Crippen molar-refractivity contribution in [2.45, 2.75) is 38.1 Å². The Kier molecular flexibility index (Phi) is 4.65. The Morgan fingerprint density at radius 1 is 1.41 bits per heavy atom. The number of aryl methyl sites for hydroxylation is 1. The topological polar surface area (TPSA) is 12.0 Å². The van der Waals surface area contributed by atoms with E-state index in [1.807, 2.05) is 0 Å². The van der Waals surface area contributed by atoms with Crippen molar-refractivity contribution in [2.24, 2.45) is 0 Å². The Morgan fingerprint density at radius 3 is 3.12 bits per heavy atom. The van der Waals surface area contributed by atoms with E-state index < -0.39 is 0 Å². The Morgan fingerprint density at radius 2 is 2.29 bits per heavy atom. The third-order valence-corrected chi connectivity index (χ3v) is 3.81. The zero-order chi connectivity index (χ0) is 12.1. The number of unbranched alkanes of at least 4 members (excludes halogenated alkanes) is 2. The minimum absolute atomic E-state index is 0.545. The highest BCUT2D eigenvalue weighted by molar-refractivity contribution is 9.10. The molecule has 1 N–H and O–H groups in total. The number of halogens is 1. The molecule has 0 heterocycles. The molecule has 0 aliphatic heterocycles. The van der Waals surface area contributed by atoms with Crippen LogP contribution in [0.15, 0.2) is 22.7 Å². The van der Waals surface area contributed by atoms with Crippen LogP contribution in [0, 0.1) is 12.3 Å². The van der Waals surface area contributed by atoms with Crippen molar-refractivity contribution in [3.63, 3.8) is 0 Å². The highest BCUT2D eigenvalue weighted by Crippen LogP contribution is 2.32. The maximum absolute atomic E-state index is 5.24. The van der Waals surface area contributed by atoms with Crippen LogP contribution in [0.4, 0.5) is 0 Å². The SMILES string of the molecule is C#CCCCCNC1CCc2cc(Br)ccc21. The van der Waals surface area contributed by atoms with Crippen LogP contribution in [0.1, 0.15) is 42.9 Å². The normalized spacial score (nSPS) is 17.8. The van der Waals surface area contributed by atoms with E-state index in [2.05, 4.69) is 45.4 Å². The summed E-state index contributed by atoms with van der Waals surface area (Å²) >= 11 is 3.53. The third kappa shape index (κ3) is 3.34. The van der Waals surface area contributed by atoms with Crippen LogP contribution < -0.4 is 5.32 Å². The molecule has 17 heavy (non-hydrogen) atoms. The Bertz CT molecular complexity index is 419. The first-order valence-corrected chi connectivity index (χ1v) is 7.05. The maximum Gasteiger partial charge on any atom is 0.0326 e. The molecule has 1 aliphatic carbocycles. The van der Waals surface area contributed by atoms with Crippen molar-refractivity contribution in [1.82, 2.24) is 5.32 Å². The first-order valence-electron chi connectivity index (χ1n) is 6.26. The molecule has 2 heteroatoms. The molecule has 1 atom stereocenters. The van der Waals surface area contributed by atoms with Gasteiger partial charge in [0, 0.05) is 16.9 Å². The fourth-order valence-corrected chi connectivity index (χ4v) is 2.83. The second kappa shape index (κ2) is 6.23. The number of hydrogen-bond acceptors (Lipinski definition) is 1. The summed E-state index contributed by atoms with van der Waals surface area (Å²) in [7, 11) is 0. The van der Waals surface area contributed by atoms with Gasteiger partial charge in [0.05, 0.1) is 0 Å². The molecule has 90 valence electrons. The fourth-order valence-electron chi connectivity index (χ4n) is 2.43. The van der Waals surface area contributed by atoms with Crippen LogP contribution in [0.25, 0.3) is 0 Å². The highest BCUT2D eigenvalue weighted by Gasteiger charge is 2.21. The lowest BCUT2D eigenvalue weighted by atomic mass is 10.1. The van der Waals surface area contributed by atoms with Crippen molar-refractivity contribution in [3.05, 3.63) is 33.8 Å². The highest BCUT2D eigenvalue weighted by atomic mass is 79.9. The molecule has 0 amide bonds. The Hall–Kier alpha value is -0.780. The summed E-state index contributed by atoms with van der Waals surface area (Å²) < 4.78 is 1.19. The lowest BCUT2D eigenvalue weighted by molar-refractivity contribution is 0.514. The molecule has 2 rings (SSSR count). The van der Waals surface area contributed by atoms with E-state index in [4.69, 9.17) is 6.42 Å². The molecule has 0 aromatic heterocycles. The van der Waals surface area contributed by atoms with Gasteiger partial charge in [-0.3, -0.25) is 0 Å². The van der Waals surface area contributed by atoms with Crippen LogP contribution in [-0.4, -0.2) is 6.54 Å². The van der Waals surface area contributed by atoms with Crippen LogP contribution in [-0.2, 0) is 6.42 Å². The van der Waals surface area contributed by atoms with E-state index in [9.17, 15) is 0 Å². The van der Waals surface area contributed by atoms with E-state index in [-0.39, 0.29) is 0 Å². The van der Waals surface area contributed by atoms with E-state index in [0.717, 1.165) is 19.4 Å². The minimum atomic E-state index is 0.545. The fraction of sp³-hybridized carbons (Fsp3) is 0.467.